The van der Waals surface area contributed by atoms with Gasteiger partial charge in [-0.15, -0.1) is 5.10 Å². The van der Waals surface area contributed by atoms with Crippen molar-refractivity contribution in [2.24, 2.45) is 5.73 Å². The predicted molar refractivity (Wildman–Crippen MR) is 114 cm³/mol. The first-order valence-electron chi connectivity index (χ1n) is 9.89. The maximum Gasteiger partial charge on any atom is 0.337 e. The number of fused-ring (bicyclic) bond motifs is 1. The van der Waals surface area contributed by atoms with Crippen LogP contribution in [0.4, 0.5) is 17.5 Å². The van der Waals surface area contributed by atoms with E-state index in [4.69, 9.17) is 22.4 Å². The minimum Gasteiger partial charge on any atom is -0.478 e. The molecular formula is C19H23ClN8O2. The lowest BCUT2D eigenvalue weighted by molar-refractivity contribution is 0.0697. The number of carbonyl (C=O) groups is 1. The van der Waals surface area contributed by atoms with Crippen LogP contribution < -0.4 is 16.4 Å². The van der Waals surface area contributed by atoms with Crippen LogP contribution in [0.15, 0.2) is 18.2 Å². The molecule has 1 aliphatic rings. The van der Waals surface area contributed by atoms with Gasteiger partial charge in [-0.3, -0.25) is 0 Å². The van der Waals surface area contributed by atoms with Gasteiger partial charge in [0.2, 0.25) is 5.95 Å². The maximum atomic E-state index is 11.2. The smallest absolute Gasteiger partial charge is 0.337 e. The summed E-state index contributed by atoms with van der Waals surface area (Å²) in [6.07, 6.45) is 4.17. The van der Waals surface area contributed by atoms with E-state index in [0.29, 0.717) is 35.2 Å². The van der Waals surface area contributed by atoms with Crippen LogP contribution in [0, 0.1) is 0 Å². The number of aryl methyl sites for hydroxylation is 1. The van der Waals surface area contributed by atoms with E-state index in [1.807, 2.05) is 6.92 Å². The second kappa shape index (κ2) is 8.41. The molecule has 10 nitrogen and oxygen atoms in total. The number of nitrogens with two attached hydrogens (primary N) is 1. The molecule has 0 radical (unpaired) electrons. The third kappa shape index (κ3) is 4.01. The Morgan fingerprint density at radius 3 is 2.83 bits per heavy atom. The molecule has 4 rings (SSSR count). The first-order valence-corrected chi connectivity index (χ1v) is 10.3. The van der Waals surface area contributed by atoms with Gasteiger partial charge in [0.25, 0.3) is 0 Å². The number of benzene rings is 1. The molecule has 3 aromatic rings. The van der Waals surface area contributed by atoms with E-state index in [1.165, 1.54) is 12.1 Å². The zero-order valence-corrected chi connectivity index (χ0v) is 17.2. The Balaban J connectivity index is 1.70. The number of aromatic nitrogens is 5. The van der Waals surface area contributed by atoms with Crippen molar-refractivity contribution in [2.45, 2.75) is 51.2 Å². The van der Waals surface area contributed by atoms with Crippen molar-refractivity contribution in [3.63, 3.8) is 0 Å². The molecule has 30 heavy (non-hydrogen) atoms. The number of aromatic carboxylic acids is 1. The zero-order chi connectivity index (χ0) is 21.3. The summed E-state index contributed by atoms with van der Waals surface area (Å²) >= 11 is 6.10. The molecule has 2 unspecified atom stereocenters. The fourth-order valence-electron chi connectivity index (χ4n) is 3.63. The molecule has 158 valence electrons. The van der Waals surface area contributed by atoms with Gasteiger partial charge >= 0.3 is 5.97 Å². The minimum absolute atomic E-state index is 0.0284. The Bertz CT molecular complexity index is 1090. The highest BCUT2D eigenvalue weighted by Crippen LogP contribution is 2.28. The number of rotatable bonds is 6. The van der Waals surface area contributed by atoms with Gasteiger partial charge in [0, 0.05) is 24.3 Å². The second-order valence-corrected chi connectivity index (χ2v) is 7.70. The number of hydrogen-bond donors (Lipinski definition) is 4. The van der Waals surface area contributed by atoms with Crippen molar-refractivity contribution in [2.75, 3.05) is 10.6 Å². The number of nitrogens with one attached hydrogen (secondary N) is 2. The molecule has 5 N–H and O–H groups in total. The molecule has 2 aromatic heterocycles. The van der Waals surface area contributed by atoms with Gasteiger partial charge in [0.15, 0.2) is 17.0 Å². The van der Waals surface area contributed by atoms with E-state index in [9.17, 15) is 4.79 Å². The van der Waals surface area contributed by atoms with Gasteiger partial charge < -0.3 is 21.5 Å². The summed E-state index contributed by atoms with van der Waals surface area (Å²) in [4.78, 5) is 20.4. The van der Waals surface area contributed by atoms with Crippen LogP contribution in [-0.4, -0.2) is 48.1 Å². The van der Waals surface area contributed by atoms with Crippen LogP contribution in [0.2, 0.25) is 5.02 Å². The quantitative estimate of drug-likeness (QED) is 0.463. The number of nitrogens with zero attached hydrogens (tertiary/aromatic N) is 5. The molecule has 0 spiro atoms. The van der Waals surface area contributed by atoms with Crippen LogP contribution in [-0.2, 0) is 6.54 Å². The van der Waals surface area contributed by atoms with E-state index >= 15 is 0 Å². The Hall–Kier alpha value is -2.98. The van der Waals surface area contributed by atoms with Crippen molar-refractivity contribution in [3.8, 4) is 0 Å². The molecule has 0 aliphatic heterocycles. The van der Waals surface area contributed by atoms with Crippen molar-refractivity contribution in [1.82, 2.24) is 25.0 Å². The van der Waals surface area contributed by atoms with Crippen molar-refractivity contribution < 1.29 is 9.90 Å². The SMILES string of the molecule is CCn1nnc2c(Nc3ccc(C(=O)O)c(Cl)c3)nc(NC3CCCCC3N)nc21. The van der Waals surface area contributed by atoms with Crippen LogP contribution >= 0.6 is 11.6 Å². The molecule has 1 aromatic carbocycles. The summed E-state index contributed by atoms with van der Waals surface area (Å²) in [6, 6.07) is 4.74. The monoisotopic (exact) mass is 430 g/mol. The topological polar surface area (TPSA) is 144 Å². The predicted octanol–water partition coefficient (Wildman–Crippen LogP) is 3.02. The Kier molecular flexibility index (Phi) is 5.69. The lowest BCUT2D eigenvalue weighted by Gasteiger charge is -2.29. The summed E-state index contributed by atoms with van der Waals surface area (Å²) in [5.41, 5.74) is 7.98. The Labute approximate surface area is 177 Å². The van der Waals surface area contributed by atoms with Gasteiger partial charge in [-0.05, 0) is 38.0 Å². The summed E-state index contributed by atoms with van der Waals surface area (Å²) in [5.74, 6) is -0.194. The summed E-state index contributed by atoms with van der Waals surface area (Å²) in [7, 11) is 0. The molecule has 0 saturated heterocycles. The highest BCUT2D eigenvalue weighted by molar-refractivity contribution is 6.33. The molecule has 0 bridgehead atoms. The van der Waals surface area contributed by atoms with Crippen molar-refractivity contribution >= 4 is 46.2 Å². The average Bonchev–Trinajstić information content (AvgIpc) is 3.13. The van der Waals surface area contributed by atoms with E-state index in [2.05, 4.69) is 30.9 Å². The van der Waals surface area contributed by atoms with Crippen LogP contribution in [0.25, 0.3) is 11.2 Å². The Morgan fingerprint density at radius 2 is 2.13 bits per heavy atom. The highest BCUT2D eigenvalue weighted by Gasteiger charge is 2.24. The molecule has 1 aliphatic carbocycles. The van der Waals surface area contributed by atoms with Gasteiger partial charge in [-0.2, -0.15) is 9.97 Å². The van der Waals surface area contributed by atoms with Crippen LogP contribution in [0.3, 0.4) is 0 Å². The van der Waals surface area contributed by atoms with E-state index < -0.39 is 5.97 Å². The van der Waals surface area contributed by atoms with Crippen LogP contribution in [0.5, 0.6) is 0 Å². The molecule has 2 atom stereocenters. The van der Waals surface area contributed by atoms with Crippen molar-refractivity contribution in [1.29, 1.82) is 0 Å². The van der Waals surface area contributed by atoms with Crippen molar-refractivity contribution in [3.05, 3.63) is 28.8 Å². The first kappa shape index (κ1) is 20.3. The Morgan fingerprint density at radius 1 is 1.33 bits per heavy atom. The summed E-state index contributed by atoms with van der Waals surface area (Å²) in [5, 5.41) is 24.2. The zero-order valence-electron chi connectivity index (χ0n) is 16.5. The molecule has 1 fully saturated rings. The van der Waals surface area contributed by atoms with Gasteiger partial charge in [0.1, 0.15) is 0 Å². The summed E-state index contributed by atoms with van der Waals surface area (Å²) in [6.45, 7) is 2.56. The standard InChI is InChI=1S/C19H23ClN8O2/c1-2-28-17-15(26-27-28)16(22-10-7-8-11(18(29)30)12(20)9-10)24-19(25-17)23-14-6-4-3-5-13(14)21/h7-9,13-14H,2-6,21H2,1H3,(H,29,30)(H2,22,23,24,25). The van der Waals surface area contributed by atoms with Gasteiger partial charge in [0.05, 0.1) is 10.6 Å². The molecular weight excluding hydrogens is 408 g/mol. The number of halogens is 1. The van der Waals surface area contributed by atoms with E-state index in [0.717, 1.165) is 25.7 Å². The number of anilines is 3. The molecule has 1 saturated carbocycles. The first-order chi connectivity index (χ1) is 14.5. The number of hydrogen-bond acceptors (Lipinski definition) is 8. The summed E-state index contributed by atoms with van der Waals surface area (Å²) < 4.78 is 1.69. The normalized spacial score (nSPS) is 19.0. The lowest BCUT2D eigenvalue weighted by atomic mass is 9.91. The average molecular weight is 431 g/mol. The fourth-order valence-corrected chi connectivity index (χ4v) is 3.89. The third-order valence-electron chi connectivity index (χ3n) is 5.26. The number of carboxylic acid groups (broad SMARTS) is 1. The van der Waals surface area contributed by atoms with Gasteiger partial charge in [-0.1, -0.05) is 29.7 Å². The van der Waals surface area contributed by atoms with E-state index in [1.54, 1.807) is 10.7 Å². The minimum atomic E-state index is -1.09. The number of carboxylic acids is 1. The van der Waals surface area contributed by atoms with Gasteiger partial charge in [-0.25, -0.2) is 9.48 Å². The third-order valence-corrected chi connectivity index (χ3v) is 5.57. The van der Waals surface area contributed by atoms with E-state index in [-0.39, 0.29) is 22.7 Å². The molecule has 0 amide bonds. The fraction of sp³-hybridized carbons (Fsp3) is 0.421. The molecule has 11 heteroatoms. The lowest BCUT2D eigenvalue weighted by Crippen LogP contribution is -2.43. The van der Waals surface area contributed by atoms with Crippen LogP contribution in [0.1, 0.15) is 43.0 Å². The second-order valence-electron chi connectivity index (χ2n) is 7.30. The maximum absolute atomic E-state index is 11.2. The largest absolute Gasteiger partial charge is 0.478 e. The highest BCUT2D eigenvalue weighted by atomic mass is 35.5. The molecule has 2 heterocycles.